The molecule has 1 aliphatic carbocycles. The van der Waals surface area contributed by atoms with Crippen molar-refractivity contribution in [2.45, 2.75) is 51.6 Å². The van der Waals surface area contributed by atoms with Gasteiger partial charge in [0.2, 0.25) is 5.91 Å². The number of likely N-dealkylation sites (N-methyl/N-ethyl adjacent to an activating group) is 1. The summed E-state index contributed by atoms with van der Waals surface area (Å²) in [5.41, 5.74) is 5.98. The minimum absolute atomic E-state index is 0.0158. The van der Waals surface area contributed by atoms with E-state index < -0.39 is 0 Å². The average molecular weight is 255 g/mol. The van der Waals surface area contributed by atoms with Crippen LogP contribution < -0.4 is 11.1 Å². The summed E-state index contributed by atoms with van der Waals surface area (Å²) in [7, 11) is 4.06. The van der Waals surface area contributed by atoms with E-state index in [-0.39, 0.29) is 23.4 Å². The molecule has 0 spiro atoms. The van der Waals surface area contributed by atoms with Gasteiger partial charge in [-0.15, -0.1) is 0 Å². The standard InChI is InChI=1S/C14H29N3O/c1-10-6-11(8-12(15)7-10)13(18)16-9-14(2,3)17(4)5/h10-12H,6-9,15H2,1-5H3,(H,16,18). The molecule has 4 nitrogen and oxygen atoms in total. The summed E-state index contributed by atoms with van der Waals surface area (Å²) in [5, 5.41) is 3.08. The van der Waals surface area contributed by atoms with Crippen LogP contribution in [0.15, 0.2) is 0 Å². The lowest BCUT2D eigenvalue weighted by Crippen LogP contribution is -2.50. The maximum Gasteiger partial charge on any atom is 0.223 e. The van der Waals surface area contributed by atoms with Crippen molar-refractivity contribution < 1.29 is 4.79 Å². The molecule has 0 radical (unpaired) electrons. The van der Waals surface area contributed by atoms with Gasteiger partial charge in [0, 0.05) is 24.0 Å². The number of hydrogen-bond donors (Lipinski definition) is 2. The Morgan fingerprint density at radius 3 is 2.44 bits per heavy atom. The molecular formula is C14H29N3O. The molecule has 0 aromatic carbocycles. The monoisotopic (exact) mass is 255 g/mol. The molecule has 0 aromatic heterocycles. The van der Waals surface area contributed by atoms with Crippen LogP contribution in [0.25, 0.3) is 0 Å². The van der Waals surface area contributed by atoms with Gasteiger partial charge in [-0.05, 0) is 53.1 Å². The molecule has 0 aromatic rings. The zero-order chi connectivity index (χ0) is 13.9. The SMILES string of the molecule is CC1CC(N)CC(C(=O)NCC(C)(C)N(C)C)C1. The molecule has 0 bridgehead atoms. The fourth-order valence-electron chi connectivity index (χ4n) is 2.48. The highest BCUT2D eigenvalue weighted by Crippen LogP contribution is 2.28. The molecule has 1 fully saturated rings. The van der Waals surface area contributed by atoms with Gasteiger partial charge in [-0.1, -0.05) is 6.92 Å². The maximum atomic E-state index is 12.2. The number of nitrogens with two attached hydrogens (primary N) is 1. The van der Waals surface area contributed by atoms with Gasteiger partial charge >= 0.3 is 0 Å². The van der Waals surface area contributed by atoms with E-state index >= 15 is 0 Å². The zero-order valence-electron chi connectivity index (χ0n) is 12.5. The Bertz CT molecular complexity index is 279. The minimum Gasteiger partial charge on any atom is -0.354 e. The van der Waals surface area contributed by atoms with E-state index in [0.717, 1.165) is 19.3 Å². The molecule has 1 aliphatic rings. The van der Waals surface area contributed by atoms with Crippen molar-refractivity contribution in [1.29, 1.82) is 0 Å². The Morgan fingerprint density at radius 1 is 1.33 bits per heavy atom. The van der Waals surface area contributed by atoms with Crippen LogP contribution >= 0.6 is 0 Å². The van der Waals surface area contributed by atoms with Crippen LogP contribution in [0.3, 0.4) is 0 Å². The van der Waals surface area contributed by atoms with Crippen molar-refractivity contribution >= 4 is 5.91 Å². The summed E-state index contributed by atoms with van der Waals surface area (Å²) in [4.78, 5) is 14.3. The van der Waals surface area contributed by atoms with Crippen LogP contribution in [-0.4, -0.2) is 43.0 Å². The van der Waals surface area contributed by atoms with Gasteiger partial charge < -0.3 is 16.0 Å². The average Bonchev–Trinajstić information content (AvgIpc) is 2.24. The molecule has 18 heavy (non-hydrogen) atoms. The Hall–Kier alpha value is -0.610. The second-order valence-electron chi connectivity index (χ2n) is 6.69. The Kier molecular flexibility index (Phi) is 5.17. The van der Waals surface area contributed by atoms with Gasteiger partial charge in [0.1, 0.15) is 0 Å². The van der Waals surface area contributed by atoms with E-state index in [1.54, 1.807) is 0 Å². The van der Waals surface area contributed by atoms with Crippen molar-refractivity contribution in [3.63, 3.8) is 0 Å². The van der Waals surface area contributed by atoms with E-state index in [1.807, 2.05) is 14.1 Å². The van der Waals surface area contributed by atoms with Crippen LogP contribution in [-0.2, 0) is 4.79 Å². The second-order valence-corrected chi connectivity index (χ2v) is 6.69. The van der Waals surface area contributed by atoms with Gasteiger partial charge in [-0.3, -0.25) is 4.79 Å². The first-order valence-corrected chi connectivity index (χ1v) is 6.93. The van der Waals surface area contributed by atoms with Gasteiger partial charge in [0.15, 0.2) is 0 Å². The van der Waals surface area contributed by atoms with Gasteiger partial charge in [0.05, 0.1) is 0 Å². The third kappa shape index (κ3) is 4.25. The molecule has 1 rings (SSSR count). The third-order valence-corrected chi connectivity index (χ3v) is 4.26. The Morgan fingerprint density at radius 2 is 1.94 bits per heavy atom. The molecule has 0 aliphatic heterocycles. The van der Waals surface area contributed by atoms with E-state index in [1.165, 1.54) is 0 Å². The van der Waals surface area contributed by atoms with Gasteiger partial charge in [-0.25, -0.2) is 0 Å². The van der Waals surface area contributed by atoms with Crippen molar-refractivity contribution in [1.82, 2.24) is 10.2 Å². The van der Waals surface area contributed by atoms with E-state index in [9.17, 15) is 4.79 Å². The lowest BCUT2D eigenvalue weighted by Gasteiger charge is -2.35. The van der Waals surface area contributed by atoms with Crippen molar-refractivity contribution in [3.8, 4) is 0 Å². The number of nitrogens with one attached hydrogen (secondary N) is 1. The molecular weight excluding hydrogens is 226 g/mol. The highest BCUT2D eigenvalue weighted by Gasteiger charge is 2.30. The summed E-state index contributed by atoms with van der Waals surface area (Å²) in [6.07, 6.45) is 2.85. The topological polar surface area (TPSA) is 58.4 Å². The fourth-order valence-corrected chi connectivity index (χ4v) is 2.48. The fraction of sp³-hybridized carbons (Fsp3) is 0.929. The molecule has 106 valence electrons. The predicted molar refractivity (Wildman–Crippen MR) is 75.3 cm³/mol. The van der Waals surface area contributed by atoms with Crippen LogP contribution in [0.4, 0.5) is 0 Å². The number of hydrogen-bond acceptors (Lipinski definition) is 3. The van der Waals surface area contributed by atoms with Crippen molar-refractivity contribution in [3.05, 3.63) is 0 Å². The first-order chi connectivity index (χ1) is 8.22. The molecule has 3 atom stereocenters. The summed E-state index contributed by atoms with van der Waals surface area (Å²) in [5.74, 6) is 0.833. The molecule has 1 saturated carbocycles. The molecule has 0 saturated heterocycles. The molecule has 4 heteroatoms. The number of carbonyl (C=O) groups is 1. The highest BCUT2D eigenvalue weighted by molar-refractivity contribution is 5.78. The molecule has 0 heterocycles. The van der Waals surface area contributed by atoms with Crippen LogP contribution in [0.1, 0.15) is 40.0 Å². The molecule has 3 N–H and O–H groups in total. The first kappa shape index (κ1) is 15.4. The zero-order valence-corrected chi connectivity index (χ0v) is 12.5. The molecule has 3 unspecified atom stereocenters. The molecule has 1 amide bonds. The third-order valence-electron chi connectivity index (χ3n) is 4.26. The lowest BCUT2D eigenvalue weighted by atomic mass is 9.79. The number of rotatable bonds is 4. The van der Waals surface area contributed by atoms with Gasteiger partial charge in [-0.2, -0.15) is 0 Å². The summed E-state index contributed by atoms with van der Waals surface area (Å²) < 4.78 is 0. The Labute approximate surface area is 111 Å². The van der Waals surface area contributed by atoms with E-state index in [0.29, 0.717) is 12.5 Å². The number of carbonyl (C=O) groups excluding carboxylic acids is 1. The van der Waals surface area contributed by atoms with E-state index in [4.69, 9.17) is 5.73 Å². The summed E-state index contributed by atoms with van der Waals surface area (Å²) >= 11 is 0. The maximum absolute atomic E-state index is 12.2. The summed E-state index contributed by atoms with van der Waals surface area (Å²) in [6.45, 7) is 7.12. The first-order valence-electron chi connectivity index (χ1n) is 6.93. The van der Waals surface area contributed by atoms with Crippen molar-refractivity contribution in [2.24, 2.45) is 17.6 Å². The predicted octanol–water partition coefficient (Wildman–Crippen LogP) is 1.21. The minimum atomic E-state index is -0.0158. The normalized spacial score (nSPS) is 29.4. The quantitative estimate of drug-likeness (QED) is 0.794. The number of nitrogens with zero attached hydrogens (tertiary/aromatic N) is 1. The summed E-state index contributed by atoms with van der Waals surface area (Å²) in [6, 6.07) is 0.186. The van der Waals surface area contributed by atoms with Crippen LogP contribution in [0, 0.1) is 11.8 Å². The highest BCUT2D eigenvalue weighted by atomic mass is 16.1. The van der Waals surface area contributed by atoms with E-state index in [2.05, 4.69) is 31.0 Å². The lowest BCUT2D eigenvalue weighted by molar-refractivity contribution is -0.127. The second kappa shape index (κ2) is 6.02. The van der Waals surface area contributed by atoms with Crippen molar-refractivity contribution in [2.75, 3.05) is 20.6 Å². The van der Waals surface area contributed by atoms with Gasteiger partial charge in [0.25, 0.3) is 0 Å². The smallest absolute Gasteiger partial charge is 0.223 e. The largest absolute Gasteiger partial charge is 0.354 e. The van der Waals surface area contributed by atoms with Crippen LogP contribution in [0.2, 0.25) is 0 Å². The Balaban J connectivity index is 2.46. The number of amides is 1. The van der Waals surface area contributed by atoms with Crippen LogP contribution in [0.5, 0.6) is 0 Å².